The van der Waals surface area contributed by atoms with Crippen molar-refractivity contribution in [1.29, 1.82) is 5.26 Å². The number of benzene rings is 2. The number of sulfonamides is 1. The molecule has 4 aromatic rings. The second kappa shape index (κ2) is 9.65. The Kier molecular flexibility index (Phi) is 6.73. The van der Waals surface area contributed by atoms with Crippen LogP contribution < -0.4 is 16.2 Å². The first-order chi connectivity index (χ1) is 17.4. The zero-order valence-electron chi connectivity index (χ0n) is 20.2. The molecule has 37 heavy (non-hydrogen) atoms. The molecule has 1 amide bonds. The highest BCUT2D eigenvalue weighted by Crippen LogP contribution is 2.43. The fourth-order valence-corrected chi connectivity index (χ4v) is 6.00. The van der Waals surface area contributed by atoms with E-state index in [9.17, 15) is 23.3 Å². The average Bonchev–Trinajstić information content (AvgIpc) is 3.17. The number of nitrogen functional groups attached to an aromatic ring is 2. The van der Waals surface area contributed by atoms with Crippen LogP contribution in [0.4, 0.5) is 11.5 Å². The summed E-state index contributed by atoms with van der Waals surface area (Å²) in [6, 6.07) is 15.0. The Bertz CT molecular complexity index is 1700. The van der Waals surface area contributed by atoms with E-state index in [4.69, 9.17) is 11.5 Å². The number of nitriles is 1. The fraction of sp³-hybridized carbons (Fsp3) is 0.154. The van der Waals surface area contributed by atoms with Gasteiger partial charge in [0, 0.05) is 23.4 Å². The number of hydrogen-bond acceptors (Lipinski definition) is 9. The molecule has 4 rings (SSSR count). The lowest BCUT2D eigenvalue weighted by atomic mass is 9.94. The molecule has 188 valence electrons. The van der Waals surface area contributed by atoms with Crippen LogP contribution in [0.1, 0.15) is 53.1 Å². The molecule has 2 aromatic heterocycles. The Balaban J connectivity index is 1.83. The molecule has 0 aliphatic heterocycles. The number of anilines is 2. The van der Waals surface area contributed by atoms with Crippen LogP contribution in [0.15, 0.2) is 53.4 Å². The molecule has 0 radical (unpaired) electrons. The van der Waals surface area contributed by atoms with Crippen molar-refractivity contribution in [2.24, 2.45) is 0 Å². The highest BCUT2D eigenvalue weighted by molar-refractivity contribution is 7.90. The molecular formula is C26H23N5O4S2. The van der Waals surface area contributed by atoms with Gasteiger partial charge < -0.3 is 11.5 Å². The summed E-state index contributed by atoms with van der Waals surface area (Å²) in [6.45, 7) is 5.24. The summed E-state index contributed by atoms with van der Waals surface area (Å²) in [7, 11) is -4.04. The molecular weight excluding hydrogens is 510 g/mol. The molecule has 9 nitrogen and oxygen atoms in total. The summed E-state index contributed by atoms with van der Waals surface area (Å²) in [5.74, 6) is -0.814. The van der Waals surface area contributed by atoms with Crippen molar-refractivity contribution in [2.45, 2.75) is 31.6 Å². The SMILES string of the molecule is CC(=O)NS(=O)(=O)c1ccc(C(=O)c2sc3nc(N)c(C#N)c(-c4ccc(C(C)C)cc4)c3c2N)cc1. The number of rotatable bonds is 6. The molecule has 0 bridgehead atoms. The Morgan fingerprint density at radius 1 is 1.05 bits per heavy atom. The third-order valence-corrected chi connectivity index (χ3v) is 8.34. The number of nitrogens with zero attached hydrogens (tertiary/aromatic N) is 2. The van der Waals surface area contributed by atoms with E-state index in [0.29, 0.717) is 21.7 Å². The number of nitrogens with two attached hydrogens (primary N) is 2. The second-order valence-electron chi connectivity index (χ2n) is 8.68. The number of carbonyl (C=O) groups excluding carboxylic acids is 2. The van der Waals surface area contributed by atoms with Gasteiger partial charge in [-0.25, -0.2) is 18.1 Å². The number of ketones is 1. The topological polar surface area (TPSA) is 169 Å². The van der Waals surface area contributed by atoms with Gasteiger partial charge >= 0.3 is 0 Å². The van der Waals surface area contributed by atoms with E-state index in [1.165, 1.54) is 24.3 Å². The average molecular weight is 534 g/mol. The predicted molar refractivity (Wildman–Crippen MR) is 144 cm³/mol. The van der Waals surface area contributed by atoms with Gasteiger partial charge in [-0.05, 0) is 41.3 Å². The number of carbonyl (C=O) groups is 2. The van der Waals surface area contributed by atoms with Crippen molar-refractivity contribution in [3.8, 4) is 17.2 Å². The summed E-state index contributed by atoms with van der Waals surface area (Å²) in [5, 5.41) is 10.3. The lowest BCUT2D eigenvalue weighted by Crippen LogP contribution is -2.28. The molecule has 0 fully saturated rings. The molecule has 5 N–H and O–H groups in total. The molecule has 0 aliphatic rings. The molecule has 11 heteroatoms. The lowest BCUT2D eigenvalue weighted by molar-refractivity contribution is -0.117. The van der Waals surface area contributed by atoms with Crippen LogP contribution in [-0.4, -0.2) is 25.1 Å². The summed E-state index contributed by atoms with van der Waals surface area (Å²) in [4.78, 5) is 29.3. The number of nitrogens with one attached hydrogen (secondary N) is 1. The monoisotopic (exact) mass is 533 g/mol. The number of pyridine rings is 1. The van der Waals surface area contributed by atoms with Crippen molar-refractivity contribution in [3.63, 3.8) is 0 Å². The van der Waals surface area contributed by atoms with Gasteiger partial charge in [0.05, 0.1) is 10.6 Å². The van der Waals surface area contributed by atoms with E-state index < -0.39 is 21.7 Å². The number of fused-ring (bicyclic) bond motifs is 1. The lowest BCUT2D eigenvalue weighted by Gasteiger charge is -2.11. The smallest absolute Gasteiger partial charge is 0.264 e. The van der Waals surface area contributed by atoms with Crippen LogP contribution in [0.2, 0.25) is 0 Å². The molecule has 0 saturated heterocycles. The van der Waals surface area contributed by atoms with Crippen molar-refractivity contribution < 1.29 is 18.0 Å². The summed E-state index contributed by atoms with van der Waals surface area (Å²) < 4.78 is 26.3. The van der Waals surface area contributed by atoms with Crippen molar-refractivity contribution in [3.05, 3.63) is 70.1 Å². The van der Waals surface area contributed by atoms with Gasteiger partial charge in [-0.3, -0.25) is 9.59 Å². The van der Waals surface area contributed by atoms with Gasteiger partial charge in [0.15, 0.2) is 0 Å². The number of thiophene rings is 1. The van der Waals surface area contributed by atoms with Crippen molar-refractivity contribution in [2.75, 3.05) is 11.5 Å². The van der Waals surface area contributed by atoms with E-state index >= 15 is 0 Å². The molecule has 0 aliphatic carbocycles. The van der Waals surface area contributed by atoms with E-state index in [-0.39, 0.29) is 32.4 Å². The van der Waals surface area contributed by atoms with Crippen molar-refractivity contribution in [1.82, 2.24) is 9.71 Å². The van der Waals surface area contributed by atoms with Gasteiger partial charge in [-0.1, -0.05) is 38.1 Å². The highest BCUT2D eigenvalue weighted by Gasteiger charge is 2.25. The first-order valence-electron chi connectivity index (χ1n) is 11.1. The number of aromatic nitrogens is 1. The van der Waals surface area contributed by atoms with Gasteiger partial charge in [-0.15, -0.1) is 11.3 Å². The zero-order valence-corrected chi connectivity index (χ0v) is 21.8. The minimum atomic E-state index is -4.04. The van der Waals surface area contributed by atoms with E-state index in [1.807, 2.05) is 29.0 Å². The van der Waals surface area contributed by atoms with E-state index in [2.05, 4.69) is 24.9 Å². The van der Waals surface area contributed by atoms with Gasteiger partial charge in [0.2, 0.25) is 11.7 Å². The molecule has 0 saturated carbocycles. The van der Waals surface area contributed by atoms with Crippen molar-refractivity contribution >= 4 is 54.8 Å². The maximum atomic E-state index is 13.4. The van der Waals surface area contributed by atoms with Gasteiger partial charge in [0.25, 0.3) is 10.0 Å². The second-order valence-corrected chi connectivity index (χ2v) is 11.4. The van der Waals surface area contributed by atoms with E-state index in [1.54, 1.807) is 0 Å². The third kappa shape index (κ3) is 4.76. The third-order valence-electron chi connectivity index (χ3n) is 5.79. The van der Waals surface area contributed by atoms with Crippen LogP contribution in [0.5, 0.6) is 0 Å². The molecule has 2 heterocycles. The Hall–Kier alpha value is -4.27. The fourth-order valence-electron chi connectivity index (χ4n) is 3.94. The van der Waals surface area contributed by atoms with Gasteiger partial charge in [-0.2, -0.15) is 5.26 Å². The van der Waals surface area contributed by atoms with Gasteiger partial charge in [0.1, 0.15) is 27.2 Å². The number of hydrogen-bond donors (Lipinski definition) is 3. The van der Waals surface area contributed by atoms with E-state index in [0.717, 1.165) is 29.4 Å². The largest absolute Gasteiger partial charge is 0.397 e. The van der Waals surface area contributed by atoms with Crippen LogP contribution in [0.3, 0.4) is 0 Å². The Morgan fingerprint density at radius 2 is 1.68 bits per heavy atom. The quantitative estimate of drug-likeness (QED) is 0.310. The maximum absolute atomic E-state index is 13.4. The first kappa shape index (κ1) is 25.8. The summed E-state index contributed by atoms with van der Waals surface area (Å²) in [5.41, 5.74) is 15.5. The Labute approximate surface area is 217 Å². The van der Waals surface area contributed by atoms with Crippen LogP contribution >= 0.6 is 11.3 Å². The standard InChI is InChI=1S/C26H23N5O4S2/c1-13(2)15-4-6-16(7-5-15)20-19(12-27)25(29)30-26-21(20)22(28)24(36-26)23(33)17-8-10-18(11-9-17)37(34,35)31-14(3)32/h4-11,13H,28H2,1-3H3,(H2,29,30)(H,31,32). The minimum absolute atomic E-state index is 0.0331. The molecule has 0 atom stereocenters. The summed E-state index contributed by atoms with van der Waals surface area (Å²) in [6.07, 6.45) is 0. The Morgan fingerprint density at radius 3 is 2.22 bits per heavy atom. The first-order valence-corrected chi connectivity index (χ1v) is 13.4. The molecule has 2 aromatic carbocycles. The zero-order chi connectivity index (χ0) is 27.1. The summed E-state index contributed by atoms with van der Waals surface area (Å²) >= 11 is 1.04. The minimum Gasteiger partial charge on any atom is -0.397 e. The molecule has 0 spiro atoms. The number of amides is 1. The predicted octanol–water partition coefficient (Wildman–Crippen LogP) is 4.18. The highest BCUT2D eigenvalue weighted by atomic mass is 32.2. The van der Waals surface area contributed by atoms with Crippen LogP contribution in [0.25, 0.3) is 21.3 Å². The normalized spacial score (nSPS) is 11.4. The molecule has 0 unspecified atom stereocenters. The maximum Gasteiger partial charge on any atom is 0.264 e. The van der Waals surface area contributed by atoms with Crippen LogP contribution in [0, 0.1) is 11.3 Å². The van der Waals surface area contributed by atoms with Crippen LogP contribution in [-0.2, 0) is 14.8 Å².